The fourth-order valence-electron chi connectivity index (χ4n) is 1.54. The van der Waals surface area contributed by atoms with Gasteiger partial charge in [0, 0.05) is 19.9 Å². The van der Waals surface area contributed by atoms with E-state index in [4.69, 9.17) is 10.9 Å². The predicted molar refractivity (Wildman–Crippen MR) is 76.3 cm³/mol. The van der Waals surface area contributed by atoms with E-state index in [0.717, 1.165) is 0 Å². The van der Waals surface area contributed by atoms with Crippen LogP contribution in [-0.4, -0.2) is 26.5 Å². The van der Waals surface area contributed by atoms with E-state index in [-0.39, 0.29) is 12.1 Å². The van der Waals surface area contributed by atoms with Gasteiger partial charge in [0.15, 0.2) is 5.82 Å². The fraction of sp³-hybridized carbons (Fsp3) is 0.333. The lowest BCUT2D eigenvalue weighted by Gasteiger charge is -2.08. The van der Waals surface area contributed by atoms with Gasteiger partial charge < -0.3 is 9.84 Å². The highest BCUT2D eigenvalue weighted by Gasteiger charge is 2.08. The molecule has 0 spiro atoms. The Hall–Kier alpha value is -2.14. The molecular weight excluding hydrogens is 326 g/mol. The Morgan fingerprint density at radius 3 is 3.05 bits per heavy atom. The molecule has 0 aliphatic carbocycles. The first kappa shape index (κ1) is 14.3. The van der Waals surface area contributed by atoms with Crippen LogP contribution in [0.1, 0.15) is 11.7 Å². The molecule has 0 bridgehead atoms. The topological polar surface area (TPSA) is 85.8 Å². The van der Waals surface area contributed by atoms with Gasteiger partial charge in [0.25, 0.3) is 5.56 Å². The van der Waals surface area contributed by atoms with Crippen molar-refractivity contribution >= 4 is 21.6 Å². The number of hydrogen-bond donors (Lipinski definition) is 1. The summed E-state index contributed by atoms with van der Waals surface area (Å²) in [5.41, 5.74) is 0.326. The quantitative estimate of drug-likeness (QED) is 0.818. The molecular formula is C12H12BrN5O2. The number of terminal acetylenes is 1. The number of rotatable bonds is 5. The SMILES string of the molecule is C#CCn1ncc(NCCc2noc(C)n2)c(Br)c1=O. The van der Waals surface area contributed by atoms with E-state index in [1.54, 1.807) is 13.1 Å². The molecule has 20 heavy (non-hydrogen) atoms. The molecule has 104 valence electrons. The van der Waals surface area contributed by atoms with Crippen molar-refractivity contribution in [2.45, 2.75) is 19.9 Å². The zero-order valence-electron chi connectivity index (χ0n) is 10.8. The predicted octanol–water partition coefficient (Wildman–Crippen LogP) is 0.985. The maximum atomic E-state index is 11.9. The van der Waals surface area contributed by atoms with Gasteiger partial charge in [0.2, 0.25) is 5.89 Å². The Balaban J connectivity index is 2.02. The highest BCUT2D eigenvalue weighted by molar-refractivity contribution is 9.10. The van der Waals surface area contributed by atoms with Gasteiger partial charge in [-0.25, -0.2) is 4.68 Å². The van der Waals surface area contributed by atoms with Crippen molar-refractivity contribution in [3.8, 4) is 12.3 Å². The lowest BCUT2D eigenvalue weighted by molar-refractivity contribution is 0.387. The van der Waals surface area contributed by atoms with Crippen molar-refractivity contribution in [1.82, 2.24) is 19.9 Å². The smallest absolute Gasteiger partial charge is 0.284 e. The third-order valence-corrected chi connectivity index (χ3v) is 3.23. The largest absolute Gasteiger partial charge is 0.382 e. The number of nitrogens with one attached hydrogen (secondary N) is 1. The van der Waals surface area contributed by atoms with Crippen LogP contribution >= 0.6 is 15.9 Å². The van der Waals surface area contributed by atoms with Gasteiger partial charge in [0.1, 0.15) is 11.0 Å². The Kier molecular flexibility index (Phi) is 4.53. The van der Waals surface area contributed by atoms with Crippen molar-refractivity contribution in [1.29, 1.82) is 0 Å². The summed E-state index contributed by atoms with van der Waals surface area (Å²) in [5.74, 6) is 3.51. The van der Waals surface area contributed by atoms with Gasteiger partial charge in [-0.3, -0.25) is 4.79 Å². The summed E-state index contributed by atoms with van der Waals surface area (Å²) in [6.45, 7) is 2.42. The van der Waals surface area contributed by atoms with Crippen LogP contribution in [0.3, 0.4) is 0 Å². The third kappa shape index (κ3) is 3.24. The van der Waals surface area contributed by atoms with Crippen LogP contribution < -0.4 is 10.9 Å². The summed E-state index contributed by atoms with van der Waals surface area (Å²) in [6.07, 6.45) is 7.29. The third-order valence-electron chi connectivity index (χ3n) is 2.46. The van der Waals surface area contributed by atoms with Crippen molar-refractivity contribution < 1.29 is 4.52 Å². The Morgan fingerprint density at radius 2 is 2.40 bits per heavy atom. The minimum Gasteiger partial charge on any atom is -0.382 e. The second-order valence-electron chi connectivity index (χ2n) is 3.95. The molecule has 2 rings (SSSR count). The second-order valence-corrected chi connectivity index (χ2v) is 4.74. The molecule has 0 saturated heterocycles. The van der Waals surface area contributed by atoms with Crippen LogP contribution in [0, 0.1) is 19.3 Å². The van der Waals surface area contributed by atoms with Gasteiger partial charge in [-0.1, -0.05) is 11.1 Å². The number of aryl methyl sites for hydroxylation is 1. The molecule has 0 aromatic carbocycles. The highest BCUT2D eigenvalue weighted by atomic mass is 79.9. The lowest BCUT2D eigenvalue weighted by atomic mass is 10.3. The molecule has 2 aromatic heterocycles. The molecule has 0 aliphatic rings. The monoisotopic (exact) mass is 337 g/mol. The molecule has 8 heteroatoms. The maximum Gasteiger partial charge on any atom is 0.284 e. The molecule has 0 unspecified atom stereocenters. The van der Waals surface area contributed by atoms with E-state index in [9.17, 15) is 4.79 Å². The van der Waals surface area contributed by atoms with Crippen LogP contribution in [-0.2, 0) is 13.0 Å². The normalized spacial score (nSPS) is 10.2. The van der Waals surface area contributed by atoms with Gasteiger partial charge in [-0.15, -0.1) is 6.42 Å². The molecule has 0 saturated carbocycles. The molecule has 7 nitrogen and oxygen atoms in total. The van der Waals surface area contributed by atoms with Crippen molar-refractivity contribution in [2.24, 2.45) is 0 Å². The van der Waals surface area contributed by atoms with E-state index >= 15 is 0 Å². The molecule has 2 aromatic rings. The molecule has 0 fully saturated rings. The van der Waals surface area contributed by atoms with Crippen LogP contribution in [0.2, 0.25) is 0 Å². The first-order chi connectivity index (χ1) is 9.61. The summed E-state index contributed by atoms with van der Waals surface area (Å²) < 4.78 is 6.47. The number of hydrogen-bond acceptors (Lipinski definition) is 6. The van der Waals surface area contributed by atoms with Gasteiger partial charge >= 0.3 is 0 Å². The van der Waals surface area contributed by atoms with Crippen molar-refractivity contribution in [3.05, 3.63) is 32.7 Å². The number of nitrogens with zero attached hydrogens (tertiary/aromatic N) is 4. The average Bonchev–Trinajstić information content (AvgIpc) is 2.84. The fourth-order valence-corrected chi connectivity index (χ4v) is 1.99. The van der Waals surface area contributed by atoms with E-state index in [1.165, 1.54) is 4.68 Å². The minimum atomic E-state index is -0.275. The van der Waals surface area contributed by atoms with Gasteiger partial charge in [-0.2, -0.15) is 10.1 Å². The van der Waals surface area contributed by atoms with Crippen LogP contribution in [0.5, 0.6) is 0 Å². The van der Waals surface area contributed by atoms with Gasteiger partial charge in [0.05, 0.1) is 11.9 Å². The summed E-state index contributed by atoms with van der Waals surface area (Å²) in [4.78, 5) is 16.0. The Bertz CT molecular complexity index is 701. The summed E-state index contributed by atoms with van der Waals surface area (Å²) in [7, 11) is 0. The maximum absolute atomic E-state index is 11.9. The van der Waals surface area contributed by atoms with Crippen LogP contribution in [0.15, 0.2) is 20.0 Å². The molecule has 0 aliphatic heterocycles. The minimum absolute atomic E-state index is 0.139. The zero-order valence-corrected chi connectivity index (χ0v) is 12.3. The molecule has 1 N–H and O–H groups in total. The summed E-state index contributed by atoms with van der Waals surface area (Å²) in [6, 6.07) is 0. The van der Waals surface area contributed by atoms with Crippen LogP contribution in [0.4, 0.5) is 5.69 Å². The molecule has 0 radical (unpaired) electrons. The summed E-state index contributed by atoms with van der Waals surface area (Å²) >= 11 is 3.24. The second kappa shape index (κ2) is 6.34. The molecule has 0 amide bonds. The Labute approximate surface area is 123 Å². The van der Waals surface area contributed by atoms with E-state index in [1.807, 2.05) is 0 Å². The first-order valence-corrected chi connectivity index (χ1v) is 6.63. The van der Waals surface area contributed by atoms with E-state index < -0.39 is 0 Å². The molecule has 2 heterocycles. The molecule has 0 atom stereocenters. The average molecular weight is 338 g/mol. The summed E-state index contributed by atoms with van der Waals surface area (Å²) in [5, 5.41) is 10.8. The van der Waals surface area contributed by atoms with Crippen molar-refractivity contribution in [3.63, 3.8) is 0 Å². The van der Waals surface area contributed by atoms with Gasteiger partial charge in [-0.05, 0) is 15.9 Å². The highest BCUT2D eigenvalue weighted by Crippen LogP contribution is 2.15. The van der Waals surface area contributed by atoms with E-state index in [0.29, 0.717) is 34.8 Å². The lowest BCUT2D eigenvalue weighted by Crippen LogP contribution is -2.24. The number of aromatic nitrogens is 4. The Morgan fingerprint density at radius 1 is 1.60 bits per heavy atom. The first-order valence-electron chi connectivity index (χ1n) is 5.84. The van der Waals surface area contributed by atoms with Crippen molar-refractivity contribution in [2.75, 3.05) is 11.9 Å². The van der Waals surface area contributed by atoms with Crippen LogP contribution in [0.25, 0.3) is 0 Å². The van der Waals surface area contributed by atoms with E-state index in [2.05, 4.69) is 42.4 Å². The number of halogens is 1. The number of anilines is 1. The zero-order chi connectivity index (χ0) is 14.5. The standard InChI is InChI=1S/C12H12BrN5O2/c1-3-6-18-12(19)11(13)9(7-15-18)14-5-4-10-16-8(2)20-17-10/h1,7,14H,4-6H2,2H3.